The van der Waals surface area contributed by atoms with E-state index in [9.17, 15) is 9.59 Å². The molecule has 2 amide bonds. The molecule has 0 bridgehead atoms. The number of fused-ring (bicyclic) bond motifs is 2. The van der Waals surface area contributed by atoms with Gasteiger partial charge < -0.3 is 24.8 Å². The Bertz CT molecular complexity index is 926. The molecule has 2 aliphatic rings. The van der Waals surface area contributed by atoms with Crippen LogP contribution in [0.2, 0.25) is 0 Å². The summed E-state index contributed by atoms with van der Waals surface area (Å²) >= 11 is 1.50. The number of amides is 2. The Kier molecular flexibility index (Phi) is 6.54. The van der Waals surface area contributed by atoms with E-state index in [4.69, 9.17) is 14.2 Å². The topological polar surface area (TPSA) is 85.9 Å². The zero-order valence-corrected chi connectivity index (χ0v) is 17.8. The van der Waals surface area contributed by atoms with E-state index in [0.717, 1.165) is 37.7 Å². The molecule has 1 aromatic heterocycles. The van der Waals surface area contributed by atoms with Crippen molar-refractivity contribution in [2.75, 3.05) is 32.2 Å². The van der Waals surface area contributed by atoms with Gasteiger partial charge >= 0.3 is 0 Å². The summed E-state index contributed by atoms with van der Waals surface area (Å²) < 4.78 is 16.5. The van der Waals surface area contributed by atoms with Crippen molar-refractivity contribution >= 4 is 28.2 Å². The minimum atomic E-state index is -0.767. The lowest BCUT2D eigenvalue weighted by Crippen LogP contribution is -2.40. The average molecular weight is 431 g/mol. The van der Waals surface area contributed by atoms with Gasteiger partial charge in [-0.1, -0.05) is 12.1 Å². The van der Waals surface area contributed by atoms with Crippen LogP contribution < -0.4 is 20.1 Å². The van der Waals surface area contributed by atoms with E-state index < -0.39 is 6.10 Å². The number of para-hydroxylation sites is 2. The van der Waals surface area contributed by atoms with Gasteiger partial charge in [-0.25, -0.2) is 0 Å². The lowest BCUT2D eigenvalue weighted by Gasteiger charge is -2.25. The monoisotopic (exact) mass is 430 g/mol. The molecule has 2 N–H and O–H groups in total. The predicted octanol–water partition coefficient (Wildman–Crippen LogP) is 3.17. The second kappa shape index (κ2) is 9.49. The van der Waals surface area contributed by atoms with Crippen molar-refractivity contribution < 1.29 is 23.8 Å². The lowest BCUT2D eigenvalue weighted by molar-refractivity contribution is -0.125. The smallest absolute Gasteiger partial charge is 0.269 e. The van der Waals surface area contributed by atoms with Gasteiger partial charge in [0.15, 0.2) is 11.5 Å². The van der Waals surface area contributed by atoms with Gasteiger partial charge in [0.2, 0.25) is 6.10 Å². The minimum absolute atomic E-state index is 0.131. The van der Waals surface area contributed by atoms with Crippen LogP contribution in [0.4, 0.5) is 5.00 Å². The average Bonchev–Trinajstić information content (AvgIpc) is 3.14. The molecular weight excluding hydrogens is 404 g/mol. The zero-order valence-electron chi connectivity index (χ0n) is 17.0. The molecule has 0 saturated heterocycles. The van der Waals surface area contributed by atoms with Crippen molar-refractivity contribution in [1.82, 2.24) is 5.32 Å². The number of benzene rings is 1. The molecule has 0 radical (unpaired) electrons. The van der Waals surface area contributed by atoms with Gasteiger partial charge in [0.25, 0.3) is 11.8 Å². The van der Waals surface area contributed by atoms with Crippen molar-refractivity contribution in [2.45, 2.75) is 38.2 Å². The zero-order chi connectivity index (χ0) is 20.9. The van der Waals surface area contributed by atoms with E-state index in [1.165, 1.54) is 16.2 Å². The second-order valence-electron chi connectivity index (χ2n) is 7.37. The maximum Gasteiger partial charge on any atom is 0.269 e. The number of rotatable bonds is 7. The Balaban J connectivity index is 1.50. The number of carbonyl (C=O) groups is 2. The number of aryl methyl sites for hydroxylation is 1. The highest BCUT2D eigenvalue weighted by Crippen LogP contribution is 2.38. The molecule has 2 heterocycles. The lowest BCUT2D eigenvalue weighted by atomic mass is 9.95. The van der Waals surface area contributed by atoms with Crippen LogP contribution in [0.15, 0.2) is 24.3 Å². The summed E-state index contributed by atoms with van der Waals surface area (Å²) in [4.78, 5) is 27.0. The highest BCUT2D eigenvalue weighted by Gasteiger charge is 2.31. The number of ether oxygens (including phenoxy) is 3. The third-order valence-corrected chi connectivity index (χ3v) is 6.45. The number of anilines is 1. The summed E-state index contributed by atoms with van der Waals surface area (Å²) in [6.07, 6.45) is 3.93. The number of carbonyl (C=O) groups excluding carboxylic acids is 2. The first-order valence-electron chi connectivity index (χ1n) is 10.3. The first-order chi connectivity index (χ1) is 14.7. The van der Waals surface area contributed by atoms with Gasteiger partial charge in [-0.15, -0.1) is 11.3 Å². The highest BCUT2D eigenvalue weighted by molar-refractivity contribution is 7.17. The summed E-state index contributed by atoms with van der Waals surface area (Å²) in [6.45, 7) is 1.25. The van der Waals surface area contributed by atoms with Gasteiger partial charge in [-0.2, -0.15) is 0 Å². The van der Waals surface area contributed by atoms with Crippen LogP contribution in [0.25, 0.3) is 0 Å². The maximum atomic E-state index is 12.9. The molecule has 0 fully saturated rings. The summed E-state index contributed by atoms with van der Waals surface area (Å²) in [5, 5.41) is 6.49. The van der Waals surface area contributed by atoms with Crippen LogP contribution in [-0.4, -0.2) is 44.8 Å². The van der Waals surface area contributed by atoms with E-state index in [2.05, 4.69) is 10.6 Å². The van der Waals surface area contributed by atoms with Crippen LogP contribution in [0.5, 0.6) is 11.5 Å². The van der Waals surface area contributed by atoms with Crippen LogP contribution >= 0.6 is 11.3 Å². The molecule has 0 unspecified atom stereocenters. The summed E-state index contributed by atoms with van der Waals surface area (Å²) in [7, 11) is 1.64. The molecule has 4 rings (SSSR count). The van der Waals surface area contributed by atoms with Crippen LogP contribution in [0, 0.1) is 0 Å². The molecule has 30 heavy (non-hydrogen) atoms. The van der Waals surface area contributed by atoms with Crippen LogP contribution in [0.1, 0.15) is 40.1 Å². The fourth-order valence-electron chi connectivity index (χ4n) is 3.74. The Hall–Kier alpha value is -2.58. The van der Waals surface area contributed by atoms with Gasteiger partial charge in [-0.05, 0) is 49.8 Å². The number of nitrogens with one attached hydrogen (secondary N) is 2. The molecule has 2 aromatic rings. The quantitative estimate of drug-likeness (QED) is 0.659. The molecule has 1 aromatic carbocycles. The van der Waals surface area contributed by atoms with Crippen molar-refractivity contribution in [3.8, 4) is 11.5 Å². The van der Waals surface area contributed by atoms with Crippen molar-refractivity contribution in [3.05, 3.63) is 40.3 Å². The number of thiophene rings is 1. The fraction of sp³-hybridized carbons (Fsp3) is 0.455. The van der Waals surface area contributed by atoms with Crippen molar-refractivity contribution in [1.29, 1.82) is 0 Å². The Morgan fingerprint density at radius 2 is 2.00 bits per heavy atom. The molecule has 0 spiro atoms. The Morgan fingerprint density at radius 3 is 2.83 bits per heavy atom. The molecular formula is C22H26N2O5S. The molecule has 0 saturated carbocycles. The largest absolute Gasteiger partial charge is 0.485 e. The molecule has 1 aliphatic heterocycles. The molecule has 8 heteroatoms. The highest BCUT2D eigenvalue weighted by atomic mass is 32.1. The minimum Gasteiger partial charge on any atom is -0.485 e. The predicted molar refractivity (Wildman–Crippen MR) is 115 cm³/mol. The van der Waals surface area contributed by atoms with E-state index in [1.807, 2.05) is 18.2 Å². The van der Waals surface area contributed by atoms with Gasteiger partial charge in [0, 0.05) is 25.1 Å². The van der Waals surface area contributed by atoms with Crippen LogP contribution in [0.3, 0.4) is 0 Å². The Labute approximate surface area is 179 Å². The van der Waals surface area contributed by atoms with E-state index >= 15 is 0 Å². The van der Waals surface area contributed by atoms with E-state index in [-0.39, 0.29) is 18.4 Å². The third-order valence-electron chi connectivity index (χ3n) is 5.25. The standard InChI is InChI=1S/C22H26N2O5S/c1-27-12-6-11-23-21(26)19-14-7-2-5-10-18(14)30-22(19)24-20(25)17-13-28-15-8-3-4-9-16(15)29-17/h3-4,8-9,17H,2,5-7,10-13H2,1H3,(H,23,26)(H,24,25)/t17-/m1/s1. The van der Waals surface area contributed by atoms with Gasteiger partial charge in [0.05, 0.1) is 5.56 Å². The third kappa shape index (κ3) is 4.44. The molecule has 160 valence electrons. The van der Waals surface area contributed by atoms with Crippen LogP contribution in [-0.2, 0) is 22.4 Å². The molecule has 7 nitrogen and oxygen atoms in total. The first kappa shape index (κ1) is 20.7. The summed E-state index contributed by atoms with van der Waals surface area (Å²) in [5.41, 5.74) is 1.66. The number of hydrogen-bond donors (Lipinski definition) is 2. The normalized spacial score (nSPS) is 17.2. The van der Waals surface area contributed by atoms with Crippen molar-refractivity contribution in [2.24, 2.45) is 0 Å². The second-order valence-corrected chi connectivity index (χ2v) is 8.48. The van der Waals surface area contributed by atoms with Gasteiger partial charge in [-0.3, -0.25) is 9.59 Å². The Morgan fingerprint density at radius 1 is 1.20 bits per heavy atom. The number of methoxy groups -OCH3 is 1. The van der Waals surface area contributed by atoms with Gasteiger partial charge in [0.1, 0.15) is 11.6 Å². The molecule has 1 atom stereocenters. The summed E-state index contributed by atoms with van der Waals surface area (Å²) in [6, 6.07) is 7.28. The molecule has 1 aliphatic carbocycles. The van der Waals surface area contributed by atoms with Crippen molar-refractivity contribution in [3.63, 3.8) is 0 Å². The SMILES string of the molecule is COCCCNC(=O)c1c(NC(=O)[C@H]2COc3ccccc3O2)sc2c1CCCC2. The van der Waals surface area contributed by atoms with E-state index in [1.54, 1.807) is 13.2 Å². The first-order valence-corrected chi connectivity index (χ1v) is 11.1. The summed E-state index contributed by atoms with van der Waals surface area (Å²) in [5.74, 6) is 0.721. The number of hydrogen-bond acceptors (Lipinski definition) is 6. The fourth-order valence-corrected chi connectivity index (χ4v) is 5.03. The van der Waals surface area contributed by atoms with E-state index in [0.29, 0.717) is 35.2 Å². The maximum absolute atomic E-state index is 12.9.